The van der Waals surface area contributed by atoms with Crippen LogP contribution in [0.4, 0.5) is 0 Å². The molecule has 2 atom stereocenters. The second kappa shape index (κ2) is 9.75. The lowest BCUT2D eigenvalue weighted by molar-refractivity contribution is -0.142. The summed E-state index contributed by atoms with van der Waals surface area (Å²) in [6.07, 6.45) is 2.63. The van der Waals surface area contributed by atoms with Gasteiger partial charge in [0.15, 0.2) is 0 Å². The smallest absolute Gasteiger partial charge is 0.468 e. The molecule has 1 unspecified atom stereocenters. The van der Waals surface area contributed by atoms with Crippen LogP contribution in [0.1, 0.15) is 39.7 Å². The summed E-state index contributed by atoms with van der Waals surface area (Å²) in [5.74, 6) is 0.626. The number of thiol groups is 1. The summed E-state index contributed by atoms with van der Waals surface area (Å²) in [6, 6.07) is 7.73. The average molecular weight is 411 g/mol. The van der Waals surface area contributed by atoms with Gasteiger partial charge in [-0.1, -0.05) is 33.0 Å². The molecule has 0 bridgehead atoms. The SMILES string of the molecule is COC(=O)[C@H](Cc1ccc(B2OC(C)(C)C(C)(C)O2)cc1)NPCCCS. The molecule has 1 aliphatic heterocycles. The predicted molar refractivity (Wildman–Crippen MR) is 116 cm³/mol. The largest absolute Gasteiger partial charge is 0.494 e. The molecule has 0 spiro atoms. The first-order chi connectivity index (χ1) is 12.7. The number of methoxy groups -OCH3 is 1. The van der Waals surface area contributed by atoms with Crippen LogP contribution in [0, 0.1) is 0 Å². The molecule has 5 nitrogen and oxygen atoms in total. The lowest BCUT2D eigenvalue weighted by atomic mass is 9.78. The van der Waals surface area contributed by atoms with E-state index in [0.717, 1.165) is 29.4 Å². The molecule has 0 aliphatic carbocycles. The fourth-order valence-electron chi connectivity index (χ4n) is 2.72. The van der Waals surface area contributed by atoms with E-state index in [2.05, 4.69) is 17.7 Å². The van der Waals surface area contributed by atoms with Crippen LogP contribution in [-0.4, -0.2) is 49.4 Å². The van der Waals surface area contributed by atoms with Crippen molar-refractivity contribution < 1.29 is 18.8 Å². The summed E-state index contributed by atoms with van der Waals surface area (Å²) in [4.78, 5) is 12.1. The molecule has 8 heteroatoms. The number of ether oxygens (including phenoxy) is 1. The van der Waals surface area contributed by atoms with Crippen molar-refractivity contribution in [2.45, 2.75) is 57.8 Å². The normalized spacial score (nSPS) is 19.6. The van der Waals surface area contributed by atoms with Crippen molar-refractivity contribution in [3.8, 4) is 0 Å². The Kier molecular flexibility index (Phi) is 8.20. The third-order valence-electron chi connectivity index (χ3n) is 5.17. The number of hydrogen-bond acceptors (Lipinski definition) is 6. The van der Waals surface area contributed by atoms with Crippen molar-refractivity contribution in [2.75, 3.05) is 19.0 Å². The van der Waals surface area contributed by atoms with Gasteiger partial charge in [-0.2, -0.15) is 12.6 Å². The van der Waals surface area contributed by atoms with E-state index in [1.54, 1.807) is 0 Å². The molecular weight excluding hydrogens is 380 g/mol. The molecule has 1 aromatic carbocycles. The number of carbonyl (C=O) groups excluding carboxylic acids is 1. The Morgan fingerprint density at radius 1 is 1.22 bits per heavy atom. The van der Waals surface area contributed by atoms with Crippen LogP contribution in [0.15, 0.2) is 24.3 Å². The Hall–Kier alpha value is -0.585. The van der Waals surface area contributed by atoms with Crippen LogP contribution < -0.4 is 10.6 Å². The van der Waals surface area contributed by atoms with Gasteiger partial charge in [-0.15, -0.1) is 0 Å². The molecule has 0 aromatic heterocycles. The third-order valence-corrected chi connectivity index (χ3v) is 6.64. The van der Waals surface area contributed by atoms with Crippen LogP contribution >= 0.6 is 21.4 Å². The van der Waals surface area contributed by atoms with Crippen molar-refractivity contribution >= 4 is 39.9 Å². The van der Waals surface area contributed by atoms with Crippen molar-refractivity contribution in [3.63, 3.8) is 0 Å². The van der Waals surface area contributed by atoms with E-state index in [4.69, 9.17) is 14.0 Å². The molecule has 0 radical (unpaired) electrons. The van der Waals surface area contributed by atoms with Crippen molar-refractivity contribution in [1.29, 1.82) is 0 Å². The number of nitrogens with one attached hydrogen (secondary N) is 1. The highest BCUT2D eigenvalue weighted by molar-refractivity contribution is 7.80. The number of hydrogen-bond donors (Lipinski definition) is 2. The summed E-state index contributed by atoms with van der Waals surface area (Å²) in [5, 5.41) is 3.31. The summed E-state index contributed by atoms with van der Waals surface area (Å²) in [6.45, 7) is 8.18. The van der Waals surface area contributed by atoms with E-state index in [-0.39, 0.29) is 30.3 Å². The van der Waals surface area contributed by atoms with E-state index in [9.17, 15) is 4.79 Å². The van der Waals surface area contributed by atoms with Gasteiger partial charge in [-0.3, -0.25) is 9.88 Å². The predicted octanol–water partition coefficient (Wildman–Crippen LogP) is 2.57. The Morgan fingerprint density at radius 3 is 2.33 bits per heavy atom. The molecule has 1 fully saturated rings. The molecule has 1 aromatic rings. The van der Waals surface area contributed by atoms with Gasteiger partial charge in [0.2, 0.25) is 0 Å². The van der Waals surface area contributed by atoms with Crippen LogP contribution in [0.2, 0.25) is 0 Å². The number of esters is 1. The summed E-state index contributed by atoms with van der Waals surface area (Å²) < 4.78 is 17.1. The number of rotatable bonds is 9. The third kappa shape index (κ3) is 5.94. The maximum Gasteiger partial charge on any atom is 0.494 e. The van der Waals surface area contributed by atoms with Crippen LogP contribution in [-0.2, 0) is 25.3 Å². The Morgan fingerprint density at radius 2 is 1.81 bits per heavy atom. The molecule has 150 valence electrons. The summed E-state index contributed by atoms with van der Waals surface area (Å²) in [5.41, 5.74) is 1.33. The molecule has 1 saturated heterocycles. The molecule has 0 saturated carbocycles. The van der Waals surface area contributed by atoms with E-state index >= 15 is 0 Å². The highest BCUT2D eigenvalue weighted by Crippen LogP contribution is 2.36. The number of carbonyl (C=O) groups is 1. The minimum absolute atomic E-state index is 0.233. The van der Waals surface area contributed by atoms with Crippen molar-refractivity contribution in [2.24, 2.45) is 0 Å². The lowest BCUT2D eigenvalue weighted by Gasteiger charge is -2.32. The first-order valence-corrected chi connectivity index (χ1v) is 11.2. The zero-order valence-corrected chi connectivity index (χ0v) is 18.8. The molecule has 2 rings (SSSR count). The second-order valence-corrected chi connectivity index (χ2v) is 9.35. The molecule has 1 N–H and O–H groups in total. The van der Waals surface area contributed by atoms with Gasteiger partial charge in [-0.05, 0) is 63.5 Å². The first-order valence-electron chi connectivity index (χ1n) is 9.32. The van der Waals surface area contributed by atoms with Gasteiger partial charge in [-0.25, -0.2) is 0 Å². The molecule has 0 amide bonds. The van der Waals surface area contributed by atoms with Crippen LogP contribution in [0.25, 0.3) is 0 Å². The Labute approximate surface area is 170 Å². The second-order valence-electron chi connectivity index (χ2n) is 7.76. The highest BCUT2D eigenvalue weighted by Gasteiger charge is 2.51. The van der Waals surface area contributed by atoms with Crippen molar-refractivity contribution in [3.05, 3.63) is 29.8 Å². The fourth-order valence-corrected chi connectivity index (χ4v) is 4.14. The van der Waals surface area contributed by atoms with Crippen LogP contribution in [0.3, 0.4) is 0 Å². The van der Waals surface area contributed by atoms with Gasteiger partial charge >= 0.3 is 13.1 Å². The van der Waals surface area contributed by atoms with Crippen molar-refractivity contribution in [1.82, 2.24) is 5.09 Å². The van der Waals surface area contributed by atoms with Gasteiger partial charge in [0, 0.05) is 0 Å². The van der Waals surface area contributed by atoms with E-state index in [1.165, 1.54) is 7.11 Å². The van der Waals surface area contributed by atoms with Gasteiger partial charge in [0.25, 0.3) is 0 Å². The highest BCUT2D eigenvalue weighted by atomic mass is 32.1. The fraction of sp³-hybridized carbons (Fsp3) is 0.632. The zero-order valence-electron chi connectivity index (χ0n) is 16.9. The maximum atomic E-state index is 12.1. The zero-order chi connectivity index (χ0) is 20.1. The Balaban J connectivity index is 2.00. The van der Waals surface area contributed by atoms with E-state index in [0.29, 0.717) is 15.2 Å². The molecule has 1 heterocycles. The summed E-state index contributed by atoms with van der Waals surface area (Å²) >= 11 is 4.22. The quantitative estimate of drug-likeness (QED) is 0.215. The molecule has 27 heavy (non-hydrogen) atoms. The number of benzene rings is 1. The summed E-state index contributed by atoms with van der Waals surface area (Å²) in [7, 11) is 1.57. The topological polar surface area (TPSA) is 56.8 Å². The Bertz CT molecular complexity index is 611. The first kappa shape index (κ1) is 22.7. The minimum Gasteiger partial charge on any atom is -0.468 e. The average Bonchev–Trinajstić information content (AvgIpc) is 2.85. The molecule has 1 aliphatic rings. The minimum atomic E-state index is -0.374. The van der Waals surface area contributed by atoms with Gasteiger partial charge < -0.3 is 14.0 Å². The van der Waals surface area contributed by atoms with Gasteiger partial charge in [0.05, 0.1) is 18.3 Å². The van der Waals surface area contributed by atoms with Gasteiger partial charge in [0.1, 0.15) is 6.04 Å². The maximum absolute atomic E-state index is 12.1. The molecular formula is C19H31BNO4PS. The van der Waals surface area contributed by atoms with E-state index < -0.39 is 0 Å². The van der Waals surface area contributed by atoms with E-state index in [1.807, 2.05) is 52.0 Å². The monoisotopic (exact) mass is 411 g/mol. The van der Waals surface area contributed by atoms with Crippen LogP contribution in [0.5, 0.6) is 0 Å². The lowest BCUT2D eigenvalue weighted by Crippen LogP contribution is -2.41. The standard InChI is InChI=1S/C19H31BNO4PS/c1-18(2)19(3,4)25-20(24-18)15-9-7-14(8-10-15)13-16(17(22)23-5)21-26-11-6-12-27/h7-10,16,21,26-27H,6,11-13H2,1-5H3/t16-/m0/s1.